The average molecular weight is 313 g/mol. The molecule has 6 heteroatoms. The highest BCUT2D eigenvalue weighted by Crippen LogP contribution is 2.26. The predicted molar refractivity (Wildman–Crippen MR) is 87.5 cm³/mol. The zero-order valence-electron chi connectivity index (χ0n) is 11.8. The minimum atomic E-state index is -0.481. The van der Waals surface area contributed by atoms with Crippen molar-refractivity contribution >= 4 is 40.0 Å². The van der Waals surface area contributed by atoms with Gasteiger partial charge in [0.15, 0.2) is 0 Å². The number of hydrogen-bond donors (Lipinski definition) is 2. The summed E-state index contributed by atoms with van der Waals surface area (Å²) in [7, 11) is 0. The van der Waals surface area contributed by atoms with E-state index in [2.05, 4.69) is 15.3 Å². The standard InChI is InChI=1S/C16H13ClN4O/c1-9-5-6-13-12(14(9)17)8-19-16(21-13)20-11-4-2-3-10(7-11)15(18)22/h2-8H,1H3,(H2,18,22)(H,19,20,21). The third kappa shape index (κ3) is 2.71. The molecule has 0 saturated heterocycles. The number of nitrogens with two attached hydrogens (primary N) is 1. The molecule has 0 atom stereocenters. The summed E-state index contributed by atoms with van der Waals surface area (Å²) >= 11 is 6.24. The van der Waals surface area contributed by atoms with Crippen LogP contribution in [0.3, 0.4) is 0 Å². The molecule has 3 aromatic rings. The van der Waals surface area contributed by atoms with Crippen molar-refractivity contribution in [2.45, 2.75) is 6.92 Å². The second-order valence-electron chi connectivity index (χ2n) is 4.89. The lowest BCUT2D eigenvalue weighted by molar-refractivity contribution is 0.100. The van der Waals surface area contributed by atoms with Gasteiger partial charge in [-0.2, -0.15) is 0 Å². The lowest BCUT2D eigenvalue weighted by Gasteiger charge is -2.08. The monoisotopic (exact) mass is 312 g/mol. The Morgan fingerprint density at radius 2 is 2.09 bits per heavy atom. The zero-order valence-corrected chi connectivity index (χ0v) is 12.6. The fourth-order valence-electron chi connectivity index (χ4n) is 2.12. The third-order valence-corrected chi connectivity index (χ3v) is 3.80. The zero-order chi connectivity index (χ0) is 15.7. The van der Waals surface area contributed by atoms with Gasteiger partial charge in [0.2, 0.25) is 11.9 Å². The van der Waals surface area contributed by atoms with Crippen LogP contribution in [0.2, 0.25) is 5.02 Å². The number of benzene rings is 2. The molecule has 0 radical (unpaired) electrons. The summed E-state index contributed by atoms with van der Waals surface area (Å²) < 4.78 is 0. The number of nitrogens with one attached hydrogen (secondary N) is 1. The Morgan fingerprint density at radius 1 is 1.27 bits per heavy atom. The molecular formula is C16H13ClN4O. The number of fused-ring (bicyclic) bond motifs is 1. The van der Waals surface area contributed by atoms with Gasteiger partial charge < -0.3 is 11.1 Å². The topological polar surface area (TPSA) is 80.9 Å². The lowest BCUT2D eigenvalue weighted by Crippen LogP contribution is -2.11. The van der Waals surface area contributed by atoms with Gasteiger partial charge in [0.25, 0.3) is 0 Å². The van der Waals surface area contributed by atoms with Gasteiger partial charge >= 0.3 is 0 Å². The van der Waals surface area contributed by atoms with Gasteiger partial charge in [-0.05, 0) is 36.8 Å². The van der Waals surface area contributed by atoms with Gasteiger partial charge in [-0.1, -0.05) is 23.7 Å². The molecule has 0 aliphatic carbocycles. The van der Waals surface area contributed by atoms with Crippen molar-refractivity contribution in [1.82, 2.24) is 9.97 Å². The number of halogens is 1. The molecule has 1 heterocycles. The Morgan fingerprint density at radius 3 is 2.86 bits per heavy atom. The Kier molecular flexibility index (Phi) is 3.65. The van der Waals surface area contributed by atoms with Crippen molar-refractivity contribution in [3.05, 3.63) is 58.7 Å². The first-order valence-corrected chi connectivity index (χ1v) is 7.01. The maximum atomic E-state index is 11.2. The molecule has 22 heavy (non-hydrogen) atoms. The lowest BCUT2D eigenvalue weighted by atomic mass is 10.2. The summed E-state index contributed by atoms with van der Waals surface area (Å²) in [6.07, 6.45) is 1.68. The summed E-state index contributed by atoms with van der Waals surface area (Å²) in [5.41, 5.74) is 8.11. The van der Waals surface area contributed by atoms with Gasteiger partial charge in [0, 0.05) is 22.8 Å². The van der Waals surface area contributed by atoms with E-state index in [-0.39, 0.29) is 0 Å². The number of aromatic nitrogens is 2. The summed E-state index contributed by atoms with van der Waals surface area (Å²) in [6, 6.07) is 10.7. The molecule has 5 nitrogen and oxygen atoms in total. The Hall–Kier alpha value is -2.66. The van der Waals surface area contributed by atoms with E-state index in [0.29, 0.717) is 22.2 Å². The molecule has 3 N–H and O–H groups in total. The van der Waals surface area contributed by atoms with E-state index >= 15 is 0 Å². The molecule has 0 saturated carbocycles. The van der Waals surface area contributed by atoms with Crippen LogP contribution in [-0.4, -0.2) is 15.9 Å². The van der Waals surface area contributed by atoms with Gasteiger partial charge in [-0.15, -0.1) is 0 Å². The van der Waals surface area contributed by atoms with Crippen molar-refractivity contribution < 1.29 is 4.79 Å². The van der Waals surface area contributed by atoms with Crippen LogP contribution >= 0.6 is 11.6 Å². The highest BCUT2D eigenvalue weighted by Gasteiger charge is 2.07. The van der Waals surface area contributed by atoms with Crippen molar-refractivity contribution in [1.29, 1.82) is 0 Å². The first-order chi connectivity index (χ1) is 10.5. The van der Waals surface area contributed by atoms with Crippen LogP contribution in [0.5, 0.6) is 0 Å². The molecular weight excluding hydrogens is 300 g/mol. The van der Waals surface area contributed by atoms with Gasteiger partial charge in [-0.25, -0.2) is 9.97 Å². The second kappa shape index (κ2) is 5.61. The molecule has 1 aromatic heterocycles. The van der Waals surface area contributed by atoms with Crippen LogP contribution in [0.25, 0.3) is 10.9 Å². The Bertz CT molecular complexity index is 879. The first-order valence-electron chi connectivity index (χ1n) is 6.63. The number of nitrogens with zero attached hydrogens (tertiary/aromatic N) is 2. The summed E-state index contributed by atoms with van der Waals surface area (Å²) in [5.74, 6) is -0.0561. The fraction of sp³-hybridized carbons (Fsp3) is 0.0625. The SMILES string of the molecule is Cc1ccc2nc(Nc3cccc(C(N)=O)c3)ncc2c1Cl. The Balaban J connectivity index is 1.96. The largest absolute Gasteiger partial charge is 0.366 e. The third-order valence-electron chi connectivity index (χ3n) is 3.30. The predicted octanol–water partition coefficient (Wildman–Crippen LogP) is 3.43. The number of carbonyl (C=O) groups excluding carboxylic acids is 1. The highest BCUT2D eigenvalue weighted by atomic mass is 35.5. The first kappa shape index (κ1) is 14.3. The number of hydrogen-bond acceptors (Lipinski definition) is 4. The number of primary amides is 1. The van der Waals surface area contributed by atoms with Gasteiger partial charge in [0.05, 0.1) is 10.5 Å². The molecule has 0 aliphatic rings. The molecule has 0 fully saturated rings. The number of anilines is 2. The smallest absolute Gasteiger partial charge is 0.248 e. The van der Waals surface area contributed by atoms with Crippen LogP contribution in [0.15, 0.2) is 42.6 Å². The number of aryl methyl sites for hydroxylation is 1. The molecule has 2 aromatic carbocycles. The maximum absolute atomic E-state index is 11.2. The molecule has 0 aliphatic heterocycles. The van der Waals surface area contributed by atoms with Crippen molar-refractivity contribution in [2.75, 3.05) is 5.32 Å². The summed E-state index contributed by atoms with van der Waals surface area (Å²) in [6.45, 7) is 1.93. The molecule has 110 valence electrons. The maximum Gasteiger partial charge on any atom is 0.248 e. The van der Waals surface area contributed by atoms with Crippen LogP contribution in [0, 0.1) is 6.92 Å². The molecule has 0 spiro atoms. The minimum absolute atomic E-state index is 0.421. The molecule has 3 rings (SSSR count). The summed E-state index contributed by atoms with van der Waals surface area (Å²) in [4.78, 5) is 19.9. The van der Waals surface area contributed by atoms with Crippen molar-refractivity contribution in [3.63, 3.8) is 0 Å². The quantitative estimate of drug-likeness (QED) is 0.776. The minimum Gasteiger partial charge on any atom is -0.366 e. The van der Waals surface area contributed by atoms with Crippen LogP contribution in [-0.2, 0) is 0 Å². The number of rotatable bonds is 3. The van der Waals surface area contributed by atoms with E-state index in [1.54, 1.807) is 24.4 Å². The van der Waals surface area contributed by atoms with Crippen LogP contribution in [0.4, 0.5) is 11.6 Å². The highest BCUT2D eigenvalue weighted by molar-refractivity contribution is 6.36. The second-order valence-corrected chi connectivity index (χ2v) is 5.27. The number of carbonyl (C=O) groups is 1. The van der Waals surface area contributed by atoms with E-state index in [1.165, 1.54) is 0 Å². The summed E-state index contributed by atoms with van der Waals surface area (Å²) in [5, 5.41) is 4.51. The normalized spacial score (nSPS) is 10.6. The van der Waals surface area contributed by atoms with Crippen LogP contribution < -0.4 is 11.1 Å². The van der Waals surface area contributed by atoms with Crippen LogP contribution in [0.1, 0.15) is 15.9 Å². The van der Waals surface area contributed by atoms with E-state index in [0.717, 1.165) is 16.5 Å². The molecule has 1 amide bonds. The Labute approximate surface area is 132 Å². The van der Waals surface area contributed by atoms with E-state index in [4.69, 9.17) is 17.3 Å². The van der Waals surface area contributed by atoms with Gasteiger partial charge in [-0.3, -0.25) is 4.79 Å². The molecule has 0 unspecified atom stereocenters. The number of amides is 1. The van der Waals surface area contributed by atoms with Crippen molar-refractivity contribution in [3.8, 4) is 0 Å². The fourth-order valence-corrected chi connectivity index (χ4v) is 2.33. The van der Waals surface area contributed by atoms with E-state index in [9.17, 15) is 4.79 Å². The van der Waals surface area contributed by atoms with Crippen molar-refractivity contribution in [2.24, 2.45) is 5.73 Å². The van der Waals surface area contributed by atoms with E-state index in [1.807, 2.05) is 25.1 Å². The van der Waals surface area contributed by atoms with E-state index < -0.39 is 5.91 Å². The van der Waals surface area contributed by atoms with Gasteiger partial charge in [0.1, 0.15) is 0 Å². The molecule has 0 bridgehead atoms. The average Bonchev–Trinajstić information content (AvgIpc) is 2.51.